The number of nitrogens with two attached hydrogens (primary N) is 1. The summed E-state index contributed by atoms with van der Waals surface area (Å²) in [5.41, 5.74) is 7.47. The number of halogens is 3. The van der Waals surface area contributed by atoms with Crippen LogP contribution in [0.2, 0.25) is 0 Å². The van der Waals surface area contributed by atoms with Crippen molar-refractivity contribution in [3.8, 4) is 11.8 Å². The zero-order valence-corrected chi connectivity index (χ0v) is 11.5. The number of aromatic amines is 1. The largest absolute Gasteiger partial charge is 0.422 e. The van der Waals surface area contributed by atoms with Crippen molar-refractivity contribution < 1.29 is 13.5 Å². The van der Waals surface area contributed by atoms with Crippen LogP contribution in [0.3, 0.4) is 0 Å². The number of hydrogen-bond donors (Lipinski definition) is 2. The van der Waals surface area contributed by atoms with Crippen LogP contribution in [0.15, 0.2) is 34.8 Å². The third-order valence-electron chi connectivity index (χ3n) is 2.65. The van der Waals surface area contributed by atoms with Gasteiger partial charge in [0.05, 0.1) is 11.0 Å². The van der Waals surface area contributed by atoms with E-state index in [9.17, 15) is 8.78 Å². The molecule has 0 atom stereocenters. The van der Waals surface area contributed by atoms with Gasteiger partial charge < -0.3 is 15.5 Å². The van der Waals surface area contributed by atoms with Gasteiger partial charge in [0.1, 0.15) is 0 Å². The van der Waals surface area contributed by atoms with Crippen molar-refractivity contribution in [1.29, 1.82) is 0 Å². The molecule has 2 aromatic carbocycles. The number of hydrogen-bond acceptors (Lipinski definition) is 3. The Labute approximate surface area is 120 Å². The molecule has 0 aliphatic carbocycles. The molecule has 1 aromatic heterocycles. The van der Waals surface area contributed by atoms with Gasteiger partial charge in [0, 0.05) is 10.2 Å². The monoisotopic (exact) mass is 339 g/mol. The van der Waals surface area contributed by atoms with Crippen molar-refractivity contribution >= 4 is 32.7 Å². The lowest BCUT2D eigenvalue weighted by atomic mass is 10.3. The number of rotatable bonds is 2. The van der Waals surface area contributed by atoms with Gasteiger partial charge in [0.25, 0.3) is 6.01 Å². The van der Waals surface area contributed by atoms with E-state index in [1.165, 1.54) is 6.07 Å². The minimum absolute atomic E-state index is 0.0574. The molecule has 0 aliphatic heterocycles. The molecule has 3 N–H and O–H groups in total. The highest BCUT2D eigenvalue weighted by Gasteiger charge is 2.14. The Hall–Kier alpha value is -2.15. The van der Waals surface area contributed by atoms with E-state index in [0.717, 1.165) is 6.07 Å². The molecule has 0 radical (unpaired) electrons. The number of nitrogen functional groups attached to an aromatic ring is 1. The molecule has 0 amide bonds. The van der Waals surface area contributed by atoms with Crippen LogP contribution in [0.5, 0.6) is 11.8 Å². The van der Waals surface area contributed by atoms with Gasteiger partial charge in [-0.25, -0.2) is 4.39 Å². The minimum Gasteiger partial charge on any atom is -0.422 e. The van der Waals surface area contributed by atoms with E-state index in [1.807, 2.05) is 0 Å². The standard InChI is InChI=1S/C13H8BrF2N3O/c14-6-3-8(15)12(16)11(4-6)20-13-18-9-2-1-7(17)5-10(9)19-13/h1-5H,17H2,(H,18,19). The Kier molecular flexibility index (Phi) is 3.06. The molecule has 0 aliphatic rings. The molecule has 0 saturated heterocycles. The summed E-state index contributed by atoms with van der Waals surface area (Å²) in [5.74, 6) is -2.34. The molecule has 3 rings (SSSR count). The summed E-state index contributed by atoms with van der Waals surface area (Å²) in [6, 6.07) is 7.45. The van der Waals surface area contributed by atoms with Crippen LogP contribution in [-0.2, 0) is 0 Å². The molecule has 0 fully saturated rings. The van der Waals surface area contributed by atoms with Crippen LogP contribution < -0.4 is 10.5 Å². The smallest absolute Gasteiger partial charge is 0.300 e. The van der Waals surface area contributed by atoms with Crippen molar-refractivity contribution in [2.45, 2.75) is 0 Å². The molecule has 20 heavy (non-hydrogen) atoms. The maximum atomic E-state index is 13.6. The van der Waals surface area contributed by atoms with E-state index in [0.29, 0.717) is 21.2 Å². The van der Waals surface area contributed by atoms with E-state index in [1.54, 1.807) is 18.2 Å². The van der Waals surface area contributed by atoms with E-state index in [2.05, 4.69) is 25.9 Å². The third-order valence-corrected chi connectivity index (χ3v) is 3.11. The number of H-pyrrole nitrogens is 1. The molecule has 0 saturated carbocycles. The summed E-state index contributed by atoms with van der Waals surface area (Å²) in [7, 11) is 0. The third kappa shape index (κ3) is 2.32. The highest BCUT2D eigenvalue weighted by Crippen LogP contribution is 2.29. The van der Waals surface area contributed by atoms with Gasteiger partial charge in [-0.3, -0.25) is 0 Å². The average Bonchev–Trinajstić information content (AvgIpc) is 2.76. The first-order valence-corrected chi connectivity index (χ1v) is 6.40. The van der Waals surface area contributed by atoms with E-state index >= 15 is 0 Å². The quantitative estimate of drug-likeness (QED) is 0.548. The lowest BCUT2D eigenvalue weighted by Gasteiger charge is -2.04. The topological polar surface area (TPSA) is 63.9 Å². The number of aromatic nitrogens is 2. The Bertz CT molecular complexity index is 804. The molecule has 3 aromatic rings. The van der Waals surface area contributed by atoms with Crippen LogP contribution in [-0.4, -0.2) is 9.97 Å². The second kappa shape index (κ2) is 4.75. The summed E-state index contributed by atoms with van der Waals surface area (Å²) < 4.78 is 32.5. The Morgan fingerprint density at radius 1 is 1.20 bits per heavy atom. The molecular weight excluding hydrogens is 332 g/mol. The van der Waals surface area contributed by atoms with Crippen molar-refractivity contribution in [3.63, 3.8) is 0 Å². The van der Waals surface area contributed by atoms with Gasteiger partial charge in [-0.05, 0) is 30.3 Å². The Balaban J connectivity index is 2.01. The number of anilines is 1. The fourth-order valence-corrected chi connectivity index (χ4v) is 2.17. The predicted octanol–water partition coefficient (Wildman–Crippen LogP) is 3.98. The minimum atomic E-state index is -1.08. The fraction of sp³-hybridized carbons (Fsp3) is 0. The van der Waals surface area contributed by atoms with Crippen molar-refractivity contribution in [2.75, 3.05) is 5.73 Å². The van der Waals surface area contributed by atoms with Gasteiger partial charge in [0.2, 0.25) is 5.82 Å². The fourth-order valence-electron chi connectivity index (χ4n) is 1.76. The maximum absolute atomic E-state index is 13.6. The number of nitrogens with one attached hydrogen (secondary N) is 1. The number of nitrogens with zero attached hydrogens (tertiary/aromatic N) is 1. The normalized spacial score (nSPS) is 10.9. The summed E-state index contributed by atoms with van der Waals surface area (Å²) in [5, 5.41) is 0. The second-order valence-electron chi connectivity index (χ2n) is 4.12. The molecule has 0 bridgehead atoms. The van der Waals surface area contributed by atoms with Crippen molar-refractivity contribution in [3.05, 3.63) is 46.4 Å². The zero-order chi connectivity index (χ0) is 14.3. The zero-order valence-electron chi connectivity index (χ0n) is 9.95. The second-order valence-corrected chi connectivity index (χ2v) is 5.04. The molecule has 1 heterocycles. The van der Waals surface area contributed by atoms with E-state index in [4.69, 9.17) is 10.5 Å². The molecule has 0 spiro atoms. The summed E-state index contributed by atoms with van der Waals surface area (Å²) in [6.07, 6.45) is 0. The van der Waals surface area contributed by atoms with Crippen molar-refractivity contribution in [2.24, 2.45) is 0 Å². The van der Waals surface area contributed by atoms with Crippen LogP contribution in [0, 0.1) is 11.6 Å². The molecular formula is C13H8BrF2N3O. The summed E-state index contributed by atoms with van der Waals surface area (Å²) >= 11 is 3.07. The van der Waals surface area contributed by atoms with Gasteiger partial charge in [0.15, 0.2) is 11.6 Å². The number of imidazole rings is 1. The highest BCUT2D eigenvalue weighted by atomic mass is 79.9. The predicted molar refractivity (Wildman–Crippen MR) is 74.6 cm³/mol. The number of ether oxygens (including phenoxy) is 1. The van der Waals surface area contributed by atoms with E-state index < -0.39 is 11.6 Å². The van der Waals surface area contributed by atoms with Crippen LogP contribution in [0.1, 0.15) is 0 Å². The molecule has 102 valence electrons. The molecule has 7 heteroatoms. The maximum Gasteiger partial charge on any atom is 0.300 e. The number of fused-ring (bicyclic) bond motifs is 1. The van der Waals surface area contributed by atoms with Gasteiger partial charge >= 0.3 is 0 Å². The van der Waals surface area contributed by atoms with Crippen molar-refractivity contribution in [1.82, 2.24) is 9.97 Å². The van der Waals surface area contributed by atoms with Crippen LogP contribution in [0.25, 0.3) is 11.0 Å². The summed E-state index contributed by atoms with van der Waals surface area (Å²) in [4.78, 5) is 6.95. The SMILES string of the molecule is Nc1ccc2nc(Oc3cc(Br)cc(F)c3F)[nH]c2c1. The van der Waals surface area contributed by atoms with Gasteiger partial charge in [-0.15, -0.1) is 0 Å². The van der Waals surface area contributed by atoms with Gasteiger partial charge in [-0.2, -0.15) is 9.37 Å². The average molecular weight is 340 g/mol. The first-order valence-electron chi connectivity index (χ1n) is 5.60. The lowest BCUT2D eigenvalue weighted by Crippen LogP contribution is -1.93. The van der Waals surface area contributed by atoms with Crippen LogP contribution >= 0.6 is 15.9 Å². The first-order chi connectivity index (χ1) is 9.52. The van der Waals surface area contributed by atoms with Gasteiger partial charge in [-0.1, -0.05) is 15.9 Å². The lowest BCUT2D eigenvalue weighted by molar-refractivity contribution is 0.397. The molecule has 4 nitrogen and oxygen atoms in total. The Morgan fingerprint density at radius 3 is 2.80 bits per heavy atom. The Morgan fingerprint density at radius 2 is 2.00 bits per heavy atom. The van der Waals surface area contributed by atoms with E-state index in [-0.39, 0.29) is 11.8 Å². The van der Waals surface area contributed by atoms with Crippen LogP contribution in [0.4, 0.5) is 14.5 Å². The summed E-state index contributed by atoms with van der Waals surface area (Å²) in [6.45, 7) is 0. The molecule has 0 unspecified atom stereocenters. The highest BCUT2D eigenvalue weighted by molar-refractivity contribution is 9.10. The number of benzene rings is 2. The first kappa shape index (κ1) is 12.9.